The summed E-state index contributed by atoms with van der Waals surface area (Å²) >= 11 is 0. The Bertz CT molecular complexity index is 144. The summed E-state index contributed by atoms with van der Waals surface area (Å²) in [5.74, 6) is 0. The molecule has 0 amide bonds. The smallest absolute Gasteiger partial charge is 0.234 e. The van der Waals surface area contributed by atoms with Gasteiger partial charge in [0.1, 0.15) is 0 Å². The van der Waals surface area contributed by atoms with E-state index in [1.165, 1.54) is 6.08 Å². The lowest BCUT2D eigenvalue weighted by Crippen LogP contribution is -2.17. The van der Waals surface area contributed by atoms with Crippen LogP contribution in [0.1, 0.15) is 6.42 Å². The molecule has 0 bridgehead atoms. The fourth-order valence-corrected chi connectivity index (χ4v) is 0.626. The van der Waals surface area contributed by atoms with Crippen molar-refractivity contribution in [2.24, 2.45) is 4.99 Å². The minimum atomic E-state index is -0.631. The van der Waals surface area contributed by atoms with E-state index < -0.39 is 6.10 Å². The molecule has 0 aliphatic heterocycles. The molecule has 2 N–H and O–H groups in total. The third-order valence-electron chi connectivity index (χ3n) is 1.18. The number of carbonyl (C=O) groups excluding carboxylic acids is 1. The highest BCUT2D eigenvalue weighted by Crippen LogP contribution is 1.92. The molecule has 0 aliphatic carbocycles. The molecule has 0 rings (SSSR count). The lowest BCUT2D eigenvalue weighted by molar-refractivity contribution is 0.0191. The normalized spacial score (nSPS) is 12.2. The molecule has 1 atom stereocenters. The molecule has 0 fully saturated rings. The fourth-order valence-electron chi connectivity index (χ4n) is 0.626. The number of hydrogen-bond donors (Lipinski definition) is 2. The Balaban J connectivity index is 3.20. The first kappa shape index (κ1) is 11.3. The molecule has 0 radical (unpaired) electrons. The van der Waals surface area contributed by atoms with Crippen LogP contribution in [0, 0.1) is 0 Å². The Labute approximate surface area is 70.7 Å². The van der Waals surface area contributed by atoms with E-state index in [2.05, 4.69) is 4.99 Å². The summed E-state index contributed by atoms with van der Waals surface area (Å²) in [4.78, 5) is 12.9. The lowest BCUT2D eigenvalue weighted by atomic mass is 10.3. The highest BCUT2D eigenvalue weighted by atomic mass is 16.5. The van der Waals surface area contributed by atoms with Gasteiger partial charge in [-0.05, 0) is 6.42 Å². The number of rotatable bonds is 7. The zero-order valence-electron chi connectivity index (χ0n) is 6.77. The molecule has 5 nitrogen and oxygen atoms in total. The lowest BCUT2D eigenvalue weighted by Gasteiger charge is -2.07. The third kappa shape index (κ3) is 7.37. The minimum Gasteiger partial charge on any atom is -0.394 e. The van der Waals surface area contributed by atoms with Crippen molar-refractivity contribution in [3.8, 4) is 0 Å². The van der Waals surface area contributed by atoms with Crippen LogP contribution < -0.4 is 0 Å². The summed E-state index contributed by atoms with van der Waals surface area (Å²) < 4.78 is 4.84. The Morgan fingerprint density at radius 2 is 2.33 bits per heavy atom. The molecular formula is C7H13NO4. The summed E-state index contributed by atoms with van der Waals surface area (Å²) in [6.07, 6.45) is 1.12. The zero-order chi connectivity index (χ0) is 9.23. The topological polar surface area (TPSA) is 79.1 Å². The van der Waals surface area contributed by atoms with E-state index in [-0.39, 0.29) is 26.4 Å². The second-order valence-corrected chi connectivity index (χ2v) is 2.21. The van der Waals surface area contributed by atoms with Crippen molar-refractivity contribution in [3.05, 3.63) is 0 Å². The summed E-state index contributed by atoms with van der Waals surface area (Å²) in [7, 11) is 0. The second kappa shape index (κ2) is 8.36. The fraction of sp³-hybridized carbons (Fsp3) is 0.857. The maximum absolute atomic E-state index is 9.61. The molecule has 12 heavy (non-hydrogen) atoms. The molecule has 1 unspecified atom stereocenters. The van der Waals surface area contributed by atoms with Gasteiger partial charge in [-0.2, -0.15) is 0 Å². The van der Waals surface area contributed by atoms with Crippen molar-refractivity contribution in [2.75, 3.05) is 26.4 Å². The SMILES string of the molecule is O=C=NCCC(O)COCCO. The van der Waals surface area contributed by atoms with Gasteiger partial charge in [-0.1, -0.05) is 0 Å². The van der Waals surface area contributed by atoms with Gasteiger partial charge >= 0.3 is 0 Å². The Morgan fingerprint density at radius 3 is 2.92 bits per heavy atom. The molecule has 0 aromatic rings. The molecule has 0 spiro atoms. The number of hydrogen-bond acceptors (Lipinski definition) is 5. The van der Waals surface area contributed by atoms with Crippen LogP contribution in [-0.2, 0) is 9.53 Å². The van der Waals surface area contributed by atoms with Crippen LogP contribution >= 0.6 is 0 Å². The second-order valence-electron chi connectivity index (χ2n) is 2.21. The van der Waals surface area contributed by atoms with Crippen LogP contribution in [0.2, 0.25) is 0 Å². The first-order chi connectivity index (χ1) is 5.81. The standard InChI is InChI=1S/C7H13NO4/c9-3-4-12-5-7(11)1-2-8-6-10/h7,9,11H,1-5H2. The van der Waals surface area contributed by atoms with E-state index in [9.17, 15) is 4.79 Å². The Hall–Kier alpha value is -0.740. The van der Waals surface area contributed by atoms with Crippen molar-refractivity contribution in [2.45, 2.75) is 12.5 Å². The highest BCUT2D eigenvalue weighted by molar-refractivity contribution is 5.32. The summed E-state index contributed by atoms with van der Waals surface area (Å²) in [5, 5.41) is 17.4. The molecule has 5 heteroatoms. The maximum atomic E-state index is 9.61. The molecule has 0 saturated carbocycles. The average Bonchev–Trinajstić information content (AvgIpc) is 2.06. The van der Waals surface area contributed by atoms with E-state index in [1.54, 1.807) is 0 Å². The summed E-state index contributed by atoms with van der Waals surface area (Å²) in [6, 6.07) is 0. The van der Waals surface area contributed by atoms with Crippen LogP contribution in [0.4, 0.5) is 0 Å². The highest BCUT2D eigenvalue weighted by Gasteiger charge is 2.02. The van der Waals surface area contributed by atoms with Crippen molar-refractivity contribution >= 4 is 6.08 Å². The van der Waals surface area contributed by atoms with Crippen molar-refractivity contribution in [1.29, 1.82) is 0 Å². The van der Waals surface area contributed by atoms with Gasteiger partial charge < -0.3 is 14.9 Å². The molecule has 70 valence electrons. The van der Waals surface area contributed by atoms with E-state index >= 15 is 0 Å². The Morgan fingerprint density at radius 1 is 1.58 bits per heavy atom. The molecule has 0 heterocycles. The maximum Gasteiger partial charge on any atom is 0.234 e. The van der Waals surface area contributed by atoms with Gasteiger partial charge in [-0.15, -0.1) is 0 Å². The molecule has 0 aliphatic rings. The van der Waals surface area contributed by atoms with Crippen LogP contribution in [0.25, 0.3) is 0 Å². The zero-order valence-corrected chi connectivity index (χ0v) is 6.77. The number of nitrogens with zero attached hydrogens (tertiary/aromatic N) is 1. The van der Waals surface area contributed by atoms with Gasteiger partial charge in [0.05, 0.1) is 32.5 Å². The van der Waals surface area contributed by atoms with Crippen molar-refractivity contribution < 1.29 is 19.7 Å². The van der Waals surface area contributed by atoms with E-state index in [0.29, 0.717) is 6.42 Å². The van der Waals surface area contributed by atoms with Crippen LogP contribution in [-0.4, -0.2) is 48.8 Å². The third-order valence-corrected chi connectivity index (χ3v) is 1.18. The van der Waals surface area contributed by atoms with E-state index in [0.717, 1.165) is 0 Å². The summed E-state index contributed by atoms with van der Waals surface area (Å²) in [5.41, 5.74) is 0. The van der Waals surface area contributed by atoms with Gasteiger partial charge in [0.2, 0.25) is 6.08 Å². The van der Waals surface area contributed by atoms with E-state index in [1.807, 2.05) is 0 Å². The predicted molar refractivity (Wildman–Crippen MR) is 41.5 cm³/mol. The van der Waals surface area contributed by atoms with Gasteiger partial charge in [-0.25, -0.2) is 9.79 Å². The van der Waals surface area contributed by atoms with Crippen LogP contribution in [0.3, 0.4) is 0 Å². The number of aliphatic imine (C=N–C) groups is 1. The summed E-state index contributed by atoms with van der Waals surface area (Å²) in [6.45, 7) is 0.579. The number of ether oxygens (including phenoxy) is 1. The van der Waals surface area contributed by atoms with Crippen LogP contribution in [0.15, 0.2) is 4.99 Å². The first-order valence-corrected chi connectivity index (χ1v) is 3.71. The van der Waals surface area contributed by atoms with Gasteiger partial charge in [0, 0.05) is 0 Å². The van der Waals surface area contributed by atoms with Gasteiger partial charge in [0.25, 0.3) is 0 Å². The number of aliphatic hydroxyl groups is 2. The van der Waals surface area contributed by atoms with Gasteiger partial charge in [0.15, 0.2) is 0 Å². The average molecular weight is 175 g/mol. The van der Waals surface area contributed by atoms with Crippen molar-refractivity contribution in [3.63, 3.8) is 0 Å². The first-order valence-electron chi connectivity index (χ1n) is 3.71. The predicted octanol–water partition coefficient (Wildman–Crippen LogP) is -0.918. The van der Waals surface area contributed by atoms with Crippen molar-refractivity contribution in [1.82, 2.24) is 0 Å². The van der Waals surface area contributed by atoms with Crippen LogP contribution in [0.5, 0.6) is 0 Å². The Kier molecular flexibility index (Phi) is 7.84. The minimum absolute atomic E-state index is 0.0563. The van der Waals surface area contributed by atoms with Gasteiger partial charge in [-0.3, -0.25) is 0 Å². The number of isocyanates is 1. The van der Waals surface area contributed by atoms with E-state index in [4.69, 9.17) is 14.9 Å². The molecular weight excluding hydrogens is 162 g/mol. The quantitative estimate of drug-likeness (QED) is 0.298. The largest absolute Gasteiger partial charge is 0.394 e. The molecule has 0 aromatic heterocycles. The molecule has 0 aromatic carbocycles. The monoisotopic (exact) mass is 175 g/mol. The molecule has 0 saturated heterocycles. The number of aliphatic hydroxyl groups excluding tert-OH is 2.